The van der Waals surface area contributed by atoms with Crippen molar-refractivity contribution in [2.45, 2.75) is 50.1 Å². The largest absolute Gasteiger partial charge is 0.438 e. The Balaban J connectivity index is 1.31. The Morgan fingerprint density at radius 2 is 1.96 bits per heavy atom. The molecule has 7 nitrogen and oxygen atoms in total. The first-order valence-corrected chi connectivity index (χ1v) is 8.86. The van der Waals surface area contributed by atoms with Crippen LogP contribution in [0.1, 0.15) is 54.3 Å². The van der Waals surface area contributed by atoms with Crippen molar-refractivity contribution >= 4 is 11.8 Å². The quantitative estimate of drug-likeness (QED) is 0.889. The van der Waals surface area contributed by atoms with Crippen molar-refractivity contribution in [1.29, 1.82) is 0 Å². The molecule has 3 aliphatic rings. The topological polar surface area (TPSA) is 78.7 Å². The third kappa shape index (κ3) is 2.92. The van der Waals surface area contributed by atoms with Crippen molar-refractivity contribution < 1.29 is 14.0 Å². The molecule has 2 aliphatic heterocycles. The summed E-state index contributed by atoms with van der Waals surface area (Å²) in [5, 5.41) is 3.08. The summed E-state index contributed by atoms with van der Waals surface area (Å²) < 4.78 is 5.31. The molecule has 2 amide bonds. The third-order valence-corrected chi connectivity index (χ3v) is 5.47. The normalized spacial score (nSPS) is 26.1. The molecule has 0 aromatic carbocycles. The van der Waals surface area contributed by atoms with E-state index < -0.39 is 0 Å². The minimum absolute atomic E-state index is 0.0300. The zero-order valence-corrected chi connectivity index (χ0v) is 14.0. The Morgan fingerprint density at radius 1 is 1.21 bits per heavy atom. The Kier molecular flexibility index (Phi) is 4.04. The highest BCUT2D eigenvalue weighted by molar-refractivity contribution is 5.93. The molecule has 1 aliphatic carbocycles. The number of carbonyl (C=O) groups is 2. The first-order valence-electron chi connectivity index (χ1n) is 8.86. The zero-order valence-electron chi connectivity index (χ0n) is 14.0. The number of amides is 2. The number of likely N-dealkylation sites (N-methyl/N-ethyl adjacent to an activating group) is 1. The summed E-state index contributed by atoms with van der Waals surface area (Å²) in [6, 6.07) is 0.169. The van der Waals surface area contributed by atoms with Crippen molar-refractivity contribution in [2.24, 2.45) is 0 Å². The monoisotopic (exact) mass is 332 g/mol. The summed E-state index contributed by atoms with van der Waals surface area (Å²) in [5.74, 6) is 0.863. The predicted molar refractivity (Wildman–Crippen MR) is 86.6 cm³/mol. The smallest absolute Gasteiger partial charge is 0.289 e. The first-order chi connectivity index (χ1) is 11.6. The first kappa shape index (κ1) is 15.6. The van der Waals surface area contributed by atoms with Crippen LogP contribution in [-0.4, -0.2) is 65.4 Å². The van der Waals surface area contributed by atoms with Crippen molar-refractivity contribution in [2.75, 3.05) is 26.7 Å². The Bertz CT molecular complexity index is 632. The van der Waals surface area contributed by atoms with Gasteiger partial charge in [-0.15, -0.1) is 0 Å². The minimum Gasteiger partial charge on any atom is -0.438 e. The van der Waals surface area contributed by atoms with Gasteiger partial charge in [0.2, 0.25) is 11.7 Å². The maximum Gasteiger partial charge on any atom is 0.289 e. The molecule has 1 aromatic heterocycles. The zero-order chi connectivity index (χ0) is 16.7. The van der Waals surface area contributed by atoms with Crippen LogP contribution >= 0.6 is 0 Å². The molecule has 1 saturated carbocycles. The molecule has 24 heavy (non-hydrogen) atoms. The van der Waals surface area contributed by atoms with Gasteiger partial charge in [-0.2, -0.15) is 0 Å². The number of rotatable bonds is 4. The molecule has 0 radical (unpaired) electrons. The van der Waals surface area contributed by atoms with E-state index in [4.69, 9.17) is 4.42 Å². The van der Waals surface area contributed by atoms with Crippen LogP contribution in [0.15, 0.2) is 10.8 Å². The van der Waals surface area contributed by atoms with Gasteiger partial charge in [-0.05, 0) is 32.1 Å². The predicted octanol–water partition coefficient (Wildman–Crippen LogP) is 0.977. The number of nitrogens with one attached hydrogen (secondary N) is 1. The van der Waals surface area contributed by atoms with Crippen molar-refractivity contribution in [1.82, 2.24) is 20.1 Å². The van der Waals surface area contributed by atoms with Gasteiger partial charge in [0.15, 0.2) is 6.39 Å². The fourth-order valence-corrected chi connectivity index (χ4v) is 3.82. The fourth-order valence-electron chi connectivity index (χ4n) is 3.82. The van der Waals surface area contributed by atoms with Crippen LogP contribution in [0.4, 0.5) is 0 Å². The summed E-state index contributed by atoms with van der Waals surface area (Å²) in [6.07, 6.45) is 6.20. The molecule has 7 heteroatoms. The second-order valence-electron chi connectivity index (χ2n) is 7.19. The highest BCUT2D eigenvalue weighted by Crippen LogP contribution is 2.40. The Hall–Kier alpha value is -1.89. The number of aromatic nitrogens is 1. The van der Waals surface area contributed by atoms with Crippen LogP contribution < -0.4 is 5.32 Å². The Labute approximate surface area is 141 Å². The molecule has 2 saturated heterocycles. The van der Waals surface area contributed by atoms with Gasteiger partial charge in [-0.1, -0.05) is 0 Å². The van der Waals surface area contributed by atoms with Gasteiger partial charge in [0.25, 0.3) is 5.91 Å². The fraction of sp³-hybridized carbons (Fsp3) is 0.706. The molecule has 3 fully saturated rings. The van der Waals surface area contributed by atoms with Crippen LogP contribution in [0.3, 0.4) is 0 Å². The van der Waals surface area contributed by atoms with Crippen LogP contribution in [0.5, 0.6) is 0 Å². The average Bonchev–Trinajstić information content (AvgIpc) is 3.22. The molecular formula is C17H24N4O3. The van der Waals surface area contributed by atoms with E-state index in [1.165, 1.54) is 6.39 Å². The van der Waals surface area contributed by atoms with E-state index in [0.717, 1.165) is 57.4 Å². The molecule has 4 rings (SSSR count). The number of oxazole rings is 1. The molecule has 0 spiro atoms. The number of hydrogen-bond acceptors (Lipinski definition) is 5. The summed E-state index contributed by atoms with van der Waals surface area (Å²) in [4.78, 5) is 32.8. The van der Waals surface area contributed by atoms with Gasteiger partial charge in [0.05, 0.1) is 11.7 Å². The summed E-state index contributed by atoms with van der Waals surface area (Å²) in [6.45, 7) is 2.54. The summed E-state index contributed by atoms with van der Waals surface area (Å²) >= 11 is 0. The molecule has 1 N–H and O–H groups in total. The van der Waals surface area contributed by atoms with Crippen molar-refractivity contribution in [3.63, 3.8) is 0 Å². The van der Waals surface area contributed by atoms with E-state index in [1.807, 2.05) is 11.9 Å². The van der Waals surface area contributed by atoms with E-state index in [0.29, 0.717) is 11.7 Å². The van der Waals surface area contributed by atoms with E-state index in [1.54, 1.807) is 0 Å². The van der Waals surface area contributed by atoms with Crippen molar-refractivity contribution in [3.05, 3.63) is 17.8 Å². The molecule has 1 atom stereocenters. The van der Waals surface area contributed by atoms with Crippen LogP contribution in [0.2, 0.25) is 0 Å². The Morgan fingerprint density at radius 3 is 2.58 bits per heavy atom. The molecule has 0 unspecified atom stereocenters. The maximum atomic E-state index is 12.4. The number of piperidine rings is 1. The van der Waals surface area contributed by atoms with Gasteiger partial charge in [0, 0.05) is 38.6 Å². The molecule has 1 aromatic rings. The van der Waals surface area contributed by atoms with Crippen molar-refractivity contribution in [3.8, 4) is 0 Å². The lowest BCUT2D eigenvalue weighted by Crippen LogP contribution is -2.50. The lowest BCUT2D eigenvalue weighted by molar-refractivity contribution is -0.131. The van der Waals surface area contributed by atoms with Crippen LogP contribution in [0, 0.1) is 0 Å². The standard InChI is InChI=1S/C17H24N4O3/c1-20-7-6-13(17(20)23)21-8-4-12(5-9-21)19-16(22)15-14(11-2-3-11)18-10-24-15/h10-13H,2-9H2,1H3,(H,19,22)/t13-/m1/s1. The lowest BCUT2D eigenvalue weighted by atomic mass is 10.0. The number of likely N-dealkylation sites (tertiary alicyclic amines) is 2. The SMILES string of the molecule is CN1CC[C@@H](N2CCC(NC(=O)c3ocnc3C3CC3)CC2)C1=O. The summed E-state index contributed by atoms with van der Waals surface area (Å²) in [5.41, 5.74) is 0.810. The molecule has 130 valence electrons. The number of carbonyl (C=O) groups excluding carboxylic acids is 2. The second kappa shape index (κ2) is 6.20. The molecular weight excluding hydrogens is 308 g/mol. The molecule has 3 heterocycles. The number of nitrogens with zero attached hydrogens (tertiary/aromatic N) is 3. The maximum absolute atomic E-state index is 12.4. The van der Waals surface area contributed by atoms with E-state index >= 15 is 0 Å². The van der Waals surface area contributed by atoms with E-state index in [-0.39, 0.29) is 23.9 Å². The second-order valence-corrected chi connectivity index (χ2v) is 7.19. The third-order valence-electron chi connectivity index (χ3n) is 5.47. The average molecular weight is 332 g/mol. The van der Waals surface area contributed by atoms with Crippen LogP contribution in [0.25, 0.3) is 0 Å². The lowest BCUT2D eigenvalue weighted by Gasteiger charge is -2.35. The summed E-state index contributed by atoms with van der Waals surface area (Å²) in [7, 11) is 1.87. The van der Waals surface area contributed by atoms with Gasteiger partial charge in [-0.3, -0.25) is 14.5 Å². The van der Waals surface area contributed by atoms with Gasteiger partial charge in [-0.25, -0.2) is 4.98 Å². The van der Waals surface area contributed by atoms with Gasteiger partial charge < -0.3 is 14.6 Å². The molecule has 0 bridgehead atoms. The van der Waals surface area contributed by atoms with E-state index in [9.17, 15) is 9.59 Å². The van der Waals surface area contributed by atoms with Crippen LogP contribution in [-0.2, 0) is 4.79 Å². The van der Waals surface area contributed by atoms with Gasteiger partial charge >= 0.3 is 0 Å². The van der Waals surface area contributed by atoms with Gasteiger partial charge in [0.1, 0.15) is 0 Å². The van der Waals surface area contributed by atoms with E-state index in [2.05, 4.69) is 15.2 Å². The minimum atomic E-state index is -0.149. The highest BCUT2D eigenvalue weighted by atomic mass is 16.3. The highest BCUT2D eigenvalue weighted by Gasteiger charge is 2.37. The number of hydrogen-bond donors (Lipinski definition) is 1.